The Kier molecular flexibility index (Phi) is 3.35. The highest BCUT2D eigenvalue weighted by Crippen LogP contribution is 2.03. The summed E-state index contributed by atoms with van der Waals surface area (Å²) in [4.78, 5) is 20.6. The molecular weight excluding hydrogens is 146 g/mol. The first-order valence-electron chi connectivity index (χ1n) is 3.33. The number of aliphatic hydroxyl groups is 1. The summed E-state index contributed by atoms with van der Waals surface area (Å²) in [7, 11) is 5.23. The highest BCUT2D eigenvalue weighted by atomic mass is 16.3. The Morgan fingerprint density at radius 2 is 1.64 bits per heavy atom. The largest absolute Gasteiger partial charge is 0.379 e. The van der Waals surface area contributed by atoms with Crippen molar-refractivity contribution in [3.8, 4) is 0 Å². The molecule has 0 aliphatic rings. The summed E-state index contributed by atoms with van der Waals surface area (Å²) < 4.78 is 0.253. The fourth-order valence-corrected chi connectivity index (χ4v) is 0.802. The van der Waals surface area contributed by atoms with Crippen molar-refractivity contribution in [3.05, 3.63) is 0 Å². The summed E-state index contributed by atoms with van der Waals surface area (Å²) in [6, 6.07) is -0.674. The van der Waals surface area contributed by atoms with E-state index in [0.717, 1.165) is 0 Å². The van der Waals surface area contributed by atoms with Gasteiger partial charge in [0.1, 0.15) is 0 Å². The standard InChI is InChI=1S/C7H14NO3/c1-8(2,3)6(4-9)7(11)5-10/h4-7,11H,1-3H3/q+1. The molecule has 11 heavy (non-hydrogen) atoms. The number of aliphatic hydroxyl groups excluding tert-OH is 1. The average Bonchev–Trinajstić information content (AvgIpc) is 1.86. The summed E-state index contributed by atoms with van der Waals surface area (Å²) in [5, 5.41) is 9.04. The lowest BCUT2D eigenvalue weighted by molar-refractivity contribution is -0.887. The quantitative estimate of drug-likeness (QED) is 0.416. The number of hydrogen-bond donors (Lipinski definition) is 1. The van der Waals surface area contributed by atoms with Crippen LogP contribution >= 0.6 is 0 Å². The Morgan fingerprint density at radius 1 is 1.18 bits per heavy atom. The van der Waals surface area contributed by atoms with Crippen LogP contribution in [-0.2, 0) is 9.59 Å². The van der Waals surface area contributed by atoms with Gasteiger partial charge in [0.2, 0.25) is 0 Å². The van der Waals surface area contributed by atoms with Gasteiger partial charge in [-0.15, -0.1) is 0 Å². The van der Waals surface area contributed by atoms with E-state index in [-0.39, 0.29) is 4.48 Å². The second-order valence-electron chi connectivity index (χ2n) is 3.37. The van der Waals surface area contributed by atoms with Crippen LogP contribution in [-0.4, -0.2) is 55.5 Å². The molecule has 1 N–H and O–H groups in total. The first kappa shape index (κ1) is 10.3. The minimum Gasteiger partial charge on any atom is -0.379 e. The molecule has 0 spiro atoms. The number of likely N-dealkylation sites (N-methyl/N-ethyl adjacent to an activating group) is 1. The van der Waals surface area contributed by atoms with E-state index < -0.39 is 12.1 Å². The van der Waals surface area contributed by atoms with E-state index in [4.69, 9.17) is 5.11 Å². The van der Waals surface area contributed by atoms with E-state index in [1.807, 2.05) is 0 Å². The van der Waals surface area contributed by atoms with Crippen molar-refractivity contribution in [2.45, 2.75) is 12.1 Å². The molecule has 64 valence electrons. The molecular formula is C7H14NO3+. The molecule has 0 aromatic rings. The van der Waals surface area contributed by atoms with Crippen LogP contribution in [0.5, 0.6) is 0 Å². The molecule has 0 amide bonds. The molecule has 0 aromatic heterocycles. The van der Waals surface area contributed by atoms with Crippen LogP contribution in [0.25, 0.3) is 0 Å². The third kappa shape index (κ3) is 2.78. The lowest BCUT2D eigenvalue weighted by atomic mass is 10.1. The van der Waals surface area contributed by atoms with Crippen molar-refractivity contribution in [3.63, 3.8) is 0 Å². The zero-order valence-corrected chi connectivity index (χ0v) is 7.02. The molecule has 2 atom stereocenters. The Morgan fingerprint density at radius 3 is 1.73 bits per heavy atom. The van der Waals surface area contributed by atoms with Gasteiger partial charge < -0.3 is 14.4 Å². The Balaban J connectivity index is 4.40. The molecule has 4 heteroatoms. The van der Waals surface area contributed by atoms with E-state index in [0.29, 0.717) is 12.6 Å². The van der Waals surface area contributed by atoms with Crippen LogP contribution in [0.3, 0.4) is 0 Å². The van der Waals surface area contributed by atoms with Gasteiger partial charge in [0.25, 0.3) is 0 Å². The molecule has 0 aromatic carbocycles. The monoisotopic (exact) mass is 160 g/mol. The maximum atomic E-state index is 10.4. The lowest BCUT2D eigenvalue weighted by Crippen LogP contribution is -2.53. The molecule has 0 fully saturated rings. The molecule has 0 saturated heterocycles. The fraction of sp³-hybridized carbons (Fsp3) is 0.714. The van der Waals surface area contributed by atoms with Crippen LogP contribution in [0, 0.1) is 0 Å². The number of carbonyl (C=O) groups excluding carboxylic acids is 2. The van der Waals surface area contributed by atoms with Gasteiger partial charge in [-0.25, -0.2) is 0 Å². The van der Waals surface area contributed by atoms with E-state index in [1.54, 1.807) is 21.1 Å². The average molecular weight is 160 g/mol. The van der Waals surface area contributed by atoms with Crippen molar-refractivity contribution < 1.29 is 19.2 Å². The minimum absolute atomic E-state index is 0.253. The number of quaternary nitrogens is 1. The number of rotatable bonds is 4. The van der Waals surface area contributed by atoms with Gasteiger partial charge in [0.05, 0.1) is 21.1 Å². The Hall–Kier alpha value is -0.740. The lowest BCUT2D eigenvalue weighted by Gasteiger charge is -2.31. The smallest absolute Gasteiger partial charge is 0.180 e. The highest BCUT2D eigenvalue weighted by Gasteiger charge is 2.30. The third-order valence-corrected chi connectivity index (χ3v) is 1.52. The zero-order valence-electron chi connectivity index (χ0n) is 7.02. The number of hydrogen-bond acceptors (Lipinski definition) is 3. The number of aldehydes is 2. The molecule has 4 nitrogen and oxygen atoms in total. The molecule has 0 rings (SSSR count). The van der Waals surface area contributed by atoms with Gasteiger partial charge in [0.15, 0.2) is 24.7 Å². The van der Waals surface area contributed by atoms with Crippen LogP contribution in [0.1, 0.15) is 0 Å². The van der Waals surface area contributed by atoms with Gasteiger partial charge in [-0.2, -0.15) is 0 Å². The normalized spacial score (nSPS) is 17.1. The van der Waals surface area contributed by atoms with Crippen molar-refractivity contribution in [2.75, 3.05) is 21.1 Å². The first-order valence-corrected chi connectivity index (χ1v) is 3.33. The van der Waals surface area contributed by atoms with E-state index in [9.17, 15) is 9.59 Å². The summed E-state index contributed by atoms with van der Waals surface area (Å²) in [6.07, 6.45) is -0.228. The maximum absolute atomic E-state index is 10.4. The molecule has 0 radical (unpaired) electrons. The number of nitrogens with zero attached hydrogens (tertiary/aromatic N) is 1. The van der Waals surface area contributed by atoms with Crippen molar-refractivity contribution in [1.82, 2.24) is 0 Å². The topological polar surface area (TPSA) is 54.4 Å². The van der Waals surface area contributed by atoms with E-state index >= 15 is 0 Å². The van der Waals surface area contributed by atoms with Gasteiger partial charge in [-0.05, 0) is 0 Å². The Labute approximate surface area is 66.0 Å². The number of carbonyl (C=O) groups is 2. The second kappa shape index (κ2) is 3.59. The molecule has 2 unspecified atom stereocenters. The fourth-order valence-electron chi connectivity index (χ4n) is 0.802. The minimum atomic E-state index is -1.20. The summed E-state index contributed by atoms with van der Waals surface area (Å²) in [5.41, 5.74) is 0. The predicted molar refractivity (Wildman–Crippen MR) is 40.0 cm³/mol. The summed E-state index contributed by atoms with van der Waals surface area (Å²) in [5.74, 6) is 0. The Bertz CT molecular complexity index is 150. The maximum Gasteiger partial charge on any atom is 0.180 e. The van der Waals surface area contributed by atoms with Crippen molar-refractivity contribution >= 4 is 12.6 Å². The van der Waals surface area contributed by atoms with Crippen LogP contribution < -0.4 is 0 Å². The zero-order chi connectivity index (χ0) is 9.07. The van der Waals surface area contributed by atoms with Gasteiger partial charge in [0, 0.05) is 0 Å². The van der Waals surface area contributed by atoms with Crippen molar-refractivity contribution in [1.29, 1.82) is 0 Å². The van der Waals surface area contributed by atoms with E-state index in [1.165, 1.54) is 0 Å². The highest BCUT2D eigenvalue weighted by molar-refractivity contribution is 5.68. The van der Waals surface area contributed by atoms with Crippen molar-refractivity contribution in [2.24, 2.45) is 0 Å². The van der Waals surface area contributed by atoms with Gasteiger partial charge >= 0.3 is 0 Å². The predicted octanol–water partition coefficient (Wildman–Crippen LogP) is -1.18. The van der Waals surface area contributed by atoms with Crippen LogP contribution in [0.4, 0.5) is 0 Å². The van der Waals surface area contributed by atoms with Gasteiger partial charge in [-0.1, -0.05) is 0 Å². The third-order valence-electron chi connectivity index (χ3n) is 1.52. The molecule has 0 aliphatic carbocycles. The summed E-state index contributed by atoms with van der Waals surface area (Å²) >= 11 is 0. The van der Waals surface area contributed by atoms with Gasteiger partial charge in [-0.3, -0.25) is 4.79 Å². The molecule has 0 aliphatic heterocycles. The molecule has 0 heterocycles. The molecule has 0 bridgehead atoms. The summed E-state index contributed by atoms with van der Waals surface area (Å²) in [6.45, 7) is 0. The molecule has 0 saturated carbocycles. The first-order chi connectivity index (χ1) is 4.93. The van der Waals surface area contributed by atoms with E-state index in [2.05, 4.69) is 0 Å². The van der Waals surface area contributed by atoms with Crippen LogP contribution in [0.15, 0.2) is 0 Å². The van der Waals surface area contributed by atoms with Crippen LogP contribution in [0.2, 0.25) is 0 Å². The second-order valence-corrected chi connectivity index (χ2v) is 3.37. The SMILES string of the molecule is C[N+](C)(C)C(C=O)C(O)C=O.